The monoisotopic (exact) mass is 274 g/mol. The van der Waals surface area contributed by atoms with Crippen LogP contribution in [-0.4, -0.2) is 11.2 Å². The van der Waals surface area contributed by atoms with Gasteiger partial charge in [-0.05, 0) is 42.8 Å². The van der Waals surface area contributed by atoms with Crippen molar-refractivity contribution in [3.8, 4) is 11.5 Å². The van der Waals surface area contributed by atoms with Crippen LogP contribution < -0.4 is 4.74 Å². The number of hydrogen-bond acceptors (Lipinski definition) is 2. The smallest absolute Gasteiger partial charge is 0.180 e. The molecule has 2 aromatic rings. The highest BCUT2D eigenvalue weighted by molar-refractivity contribution is 6.33. The largest absolute Gasteiger partial charge is 0.457 e. The van der Waals surface area contributed by atoms with Crippen LogP contribution >= 0.6 is 11.6 Å². The van der Waals surface area contributed by atoms with E-state index in [4.69, 9.17) is 16.3 Å². The molecule has 0 aliphatic carbocycles. The van der Waals surface area contributed by atoms with E-state index in [1.165, 1.54) is 0 Å². The van der Waals surface area contributed by atoms with Crippen LogP contribution in [-0.2, 0) is 0 Å². The molecule has 98 valence electrons. The Morgan fingerprint density at radius 3 is 2.21 bits per heavy atom. The van der Waals surface area contributed by atoms with Crippen LogP contribution in [0.25, 0.3) is 0 Å². The molecule has 0 saturated carbocycles. The quantitative estimate of drug-likeness (QED) is 0.584. The number of carbonyl (C=O) groups excluding carboxylic acids is 1. The standard InChI is InChI=1S/C16H15ClO2/c1-2-15(17)16(18)12-8-10-14(11-9-12)19-13-6-4-3-5-7-13/h3-11,15H,2H2,1H3. The maximum Gasteiger partial charge on any atom is 0.180 e. The van der Waals surface area contributed by atoms with Crippen LogP contribution in [0.4, 0.5) is 0 Å². The van der Waals surface area contributed by atoms with Crippen LogP contribution in [0, 0.1) is 0 Å². The molecule has 0 spiro atoms. The fourth-order valence-electron chi connectivity index (χ4n) is 1.68. The van der Waals surface area contributed by atoms with Crippen molar-refractivity contribution in [1.82, 2.24) is 0 Å². The first-order valence-electron chi connectivity index (χ1n) is 6.22. The molecule has 1 atom stereocenters. The first-order valence-corrected chi connectivity index (χ1v) is 6.65. The third-order valence-electron chi connectivity index (χ3n) is 2.76. The van der Waals surface area contributed by atoms with Crippen molar-refractivity contribution in [2.24, 2.45) is 0 Å². The van der Waals surface area contributed by atoms with E-state index in [0.29, 0.717) is 17.7 Å². The van der Waals surface area contributed by atoms with Gasteiger partial charge in [-0.2, -0.15) is 0 Å². The van der Waals surface area contributed by atoms with Crippen molar-refractivity contribution in [3.63, 3.8) is 0 Å². The number of ketones is 1. The summed E-state index contributed by atoms with van der Waals surface area (Å²) in [6.45, 7) is 1.89. The number of alkyl halides is 1. The summed E-state index contributed by atoms with van der Waals surface area (Å²) >= 11 is 5.94. The Kier molecular flexibility index (Phi) is 4.58. The van der Waals surface area contributed by atoms with Gasteiger partial charge in [0.2, 0.25) is 0 Å². The van der Waals surface area contributed by atoms with Crippen LogP contribution in [0.2, 0.25) is 0 Å². The lowest BCUT2D eigenvalue weighted by molar-refractivity contribution is 0.0985. The molecule has 0 aromatic heterocycles. The second-order valence-corrected chi connectivity index (χ2v) is 4.71. The zero-order valence-corrected chi connectivity index (χ0v) is 11.4. The molecule has 2 rings (SSSR count). The van der Waals surface area contributed by atoms with E-state index in [-0.39, 0.29) is 5.78 Å². The van der Waals surface area contributed by atoms with E-state index in [2.05, 4.69) is 0 Å². The molecule has 0 amide bonds. The summed E-state index contributed by atoms with van der Waals surface area (Å²) in [7, 11) is 0. The molecule has 0 N–H and O–H groups in total. The van der Waals surface area contributed by atoms with E-state index < -0.39 is 5.38 Å². The Morgan fingerprint density at radius 2 is 1.63 bits per heavy atom. The first-order chi connectivity index (χ1) is 9.20. The highest BCUT2D eigenvalue weighted by Gasteiger charge is 2.14. The van der Waals surface area contributed by atoms with E-state index in [9.17, 15) is 4.79 Å². The number of Topliss-reactive ketones (excluding diaryl/α,β-unsaturated/α-hetero) is 1. The summed E-state index contributed by atoms with van der Waals surface area (Å²) in [6, 6.07) is 16.5. The number of para-hydroxylation sites is 1. The lowest BCUT2D eigenvalue weighted by atomic mass is 10.1. The molecule has 0 aliphatic rings. The minimum atomic E-state index is -0.458. The van der Waals surface area contributed by atoms with Gasteiger partial charge in [-0.3, -0.25) is 4.79 Å². The average Bonchev–Trinajstić information content (AvgIpc) is 2.47. The number of rotatable bonds is 5. The molecule has 2 aromatic carbocycles. The van der Waals surface area contributed by atoms with Gasteiger partial charge in [0.25, 0.3) is 0 Å². The Bertz CT molecular complexity index is 534. The van der Waals surface area contributed by atoms with Crippen molar-refractivity contribution in [2.75, 3.05) is 0 Å². The highest BCUT2D eigenvalue weighted by atomic mass is 35.5. The van der Waals surface area contributed by atoms with Crippen molar-refractivity contribution in [2.45, 2.75) is 18.7 Å². The summed E-state index contributed by atoms with van der Waals surface area (Å²) < 4.78 is 5.66. The molecule has 0 fully saturated rings. The summed E-state index contributed by atoms with van der Waals surface area (Å²) in [5, 5.41) is -0.458. The van der Waals surface area contributed by atoms with Gasteiger partial charge in [-0.1, -0.05) is 25.1 Å². The van der Waals surface area contributed by atoms with Crippen molar-refractivity contribution in [3.05, 3.63) is 60.2 Å². The molecule has 1 unspecified atom stereocenters. The van der Waals surface area contributed by atoms with E-state index >= 15 is 0 Å². The van der Waals surface area contributed by atoms with E-state index in [0.717, 1.165) is 5.75 Å². The Balaban J connectivity index is 2.09. The fraction of sp³-hybridized carbons (Fsp3) is 0.188. The van der Waals surface area contributed by atoms with Gasteiger partial charge in [-0.15, -0.1) is 11.6 Å². The van der Waals surface area contributed by atoms with E-state index in [1.54, 1.807) is 24.3 Å². The van der Waals surface area contributed by atoms with Gasteiger partial charge in [0.05, 0.1) is 5.38 Å². The lowest BCUT2D eigenvalue weighted by Gasteiger charge is -2.08. The topological polar surface area (TPSA) is 26.3 Å². The van der Waals surface area contributed by atoms with Gasteiger partial charge < -0.3 is 4.74 Å². The van der Waals surface area contributed by atoms with E-state index in [1.807, 2.05) is 37.3 Å². The second kappa shape index (κ2) is 6.39. The summed E-state index contributed by atoms with van der Waals surface area (Å²) in [5.74, 6) is 1.42. The summed E-state index contributed by atoms with van der Waals surface area (Å²) in [6.07, 6.45) is 0.628. The number of benzene rings is 2. The molecule has 0 aliphatic heterocycles. The number of ether oxygens (including phenoxy) is 1. The van der Waals surface area contributed by atoms with Gasteiger partial charge >= 0.3 is 0 Å². The Labute approximate surface area is 118 Å². The number of halogens is 1. The number of carbonyl (C=O) groups is 1. The Hall–Kier alpha value is -1.80. The maximum absolute atomic E-state index is 11.9. The van der Waals surface area contributed by atoms with Crippen molar-refractivity contribution >= 4 is 17.4 Å². The minimum absolute atomic E-state index is 0.0459. The van der Waals surface area contributed by atoms with Crippen LogP contribution in [0.1, 0.15) is 23.7 Å². The molecular weight excluding hydrogens is 260 g/mol. The fourth-order valence-corrected chi connectivity index (χ4v) is 1.80. The number of hydrogen-bond donors (Lipinski definition) is 0. The zero-order valence-electron chi connectivity index (χ0n) is 10.7. The van der Waals surface area contributed by atoms with Gasteiger partial charge in [0.1, 0.15) is 11.5 Å². The predicted octanol–water partition coefficient (Wildman–Crippen LogP) is 4.68. The van der Waals surface area contributed by atoms with Gasteiger partial charge in [0, 0.05) is 5.56 Å². The van der Waals surface area contributed by atoms with Crippen molar-refractivity contribution in [1.29, 1.82) is 0 Å². The third-order valence-corrected chi connectivity index (χ3v) is 3.27. The minimum Gasteiger partial charge on any atom is -0.457 e. The van der Waals surface area contributed by atoms with Crippen LogP contribution in [0.15, 0.2) is 54.6 Å². The summed E-state index contributed by atoms with van der Waals surface area (Å²) in [4.78, 5) is 11.9. The SMILES string of the molecule is CCC(Cl)C(=O)c1ccc(Oc2ccccc2)cc1. The molecule has 2 nitrogen and oxygen atoms in total. The molecule has 0 heterocycles. The predicted molar refractivity (Wildman–Crippen MR) is 77.2 cm³/mol. The molecule has 3 heteroatoms. The Morgan fingerprint density at radius 1 is 1.05 bits per heavy atom. The molecule has 19 heavy (non-hydrogen) atoms. The molecular formula is C16H15ClO2. The molecule has 0 saturated heterocycles. The second-order valence-electron chi connectivity index (χ2n) is 4.18. The maximum atomic E-state index is 11.9. The molecule has 0 bridgehead atoms. The molecule has 0 radical (unpaired) electrons. The first kappa shape index (κ1) is 13.6. The normalized spacial score (nSPS) is 11.9. The lowest BCUT2D eigenvalue weighted by Crippen LogP contribution is -2.13. The van der Waals surface area contributed by atoms with Gasteiger partial charge in [-0.25, -0.2) is 0 Å². The average molecular weight is 275 g/mol. The summed E-state index contributed by atoms with van der Waals surface area (Å²) in [5.41, 5.74) is 0.613. The van der Waals surface area contributed by atoms with Crippen molar-refractivity contribution < 1.29 is 9.53 Å². The zero-order chi connectivity index (χ0) is 13.7. The van der Waals surface area contributed by atoms with Crippen LogP contribution in [0.5, 0.6) is 11.5 Å². The van der Waals surface area contributed by atoms with Crippen LogP contribution in [0.3, 0.4) is 0 Å². The van der Waals surface area contributed by atoms with Gasteiger partial charge in [0.15, 0.2) is 5.78 Å². The third kappa shape index (κ3) is 3.58. The highest BCUT2D eigenvalue weighted by Crippen LogP contribution is 2.22.